The Morgan fingerprint density at radius 3 is 1.57 bits per heavy atom. The zero-order chi connectivity index (χ0) is 29.8. The van der Waals surface area contributed by atoms with Crippen LogP contribution in [0.4, 0.5) is 11.4 Å². The van der Waals surface area contributed by atoms with Crippen LogP contribution in [0.25, 0.3) is 0 Å². The van der Waals surface area contributed by atoms with Crippen molar-refractivity contribution in [1.82, 2.24) is 9.80 Å². The minimum absolute atomic E-state index is 0. The van der Waals surface area contributed by atoms with E-state index in [2.05, 4.69) is 29.0 Å². The Morgan fingerprint density at radius 1 is 0.905 bits per heavy atom. The number of nitro groups is 1. The van der Waals surface area contributed by atoms with Crippen LogP contribution in [-0.4, -0.2) is 109 Å². The molecule has 14 heteroatoms. The summed E-state index contributed by atoms with van der Waals surface area (Å²) in [6.45, 7) is 7.41. The van der Waals surface area contributed by atoms with Gasteiger partial charge in [-0.3, -0.25) is 19.9 Å². The van der Waals surface area contributed by atoms with E-state index in [4.69, 9.17) is 38.2 Å². The van der Waals surface area contributed by atoms with Crippen molar-refractivity contribution >= 4 is 48.1 Å². The van der Waals surface area contributed by atoms with Gasteiger partial charge in [0.25, 0.3) is 5.69 Å². The van der Waals surface area contributed by atoms with E-state index in [0.717, 1.165) is 63.5 Å². The van der Waals surface area contributed by atoms with Gasteiger partial charge in [-0.2, -0.15) is 0 Å². The fourth-order valence-corrected chi connectivity index (χ4v) is 4.37. The molecule has 2 aliphatic heterocycles. The molecule has 42 heavy (non-hydrogen) atoms. The normalized spacial score (nSPS) is 17.0. The summed E-state index contributed by atoms with van der Waals surface area (Å²) >= 11 is -0.826. The van der Waals surface area contributed by atoms with Crippen molar-refractivity contribution in [1.29, 1.82) is 0 Å². The second kappa shape index (κ2) is 26.2. The van der Waals surface area contributed by atoms with Crippen LogP contribution in [0.2, 0.25) is 0 Å². The van der Waals surface area contributed by atoms with Gasteiger partial charge in [0.1, 0.15) is 0 Å². The van der Waals surface area contributed by atoms with Crippen molar-refractivity contribution in [2.75, 3.05) is 52.7 Å². The first-order valence-corrected chi connectivity index (χ1v) is 20.7. The van der Waals surface area contributed by atoms with Gasteiger partial charge in [0.05, 0.1) is 17.1 Å². The maximum atomic E-state index is 10.5. The number of nitrogens with zero attached hydrogens (tertiary/aromatic N) is 3. The third kappa shape index (κ3) is 19.8. The maximum absolute atomic E-state index is 10.5. The van der Waals surface area contributed by atoms with Crippen LogP contribution in [0.3, 0.4) is 0 Å². The second-order valence-corrected chi connectivity index (χ2v) is 14.0. The number of benzene rings is 2. The van der Waals surface area contributed by atoms with Crippen LogP contribution in [0.1, 0.15) is 43.7 Å². The summed E-state index contributed by atoms with van der Waals surface area (Å²) in [5.41, 5.74) is 9.00. The van der Waals surface area contributed by atoms with E-state index >= 15 is 0 Å². The number of anilines is 1. The molecule has 2 aliphatic rings. The monoisotopic (exact) mass is 742 g/mol. The van der Waals surface area contributed by atoms with E-state index in [-0.39, 0.29) is 28.2 Å². The number of hydrogen-bond donors (Lipinski definition) is 2. The van der Waals surface area contributed by atoms with Crippen molar-refractivity contribution in [3.8, 4) is 0 Å². The van der Waals surface area contributed by atoms with Gasteiger partial charge in [-0.25, -0.2) is 0 Å². The molecule has 0 aromatic heterocycles. The number of likely N-dealkylation sites (N-methyl/N-ethyl adjacent to an activating group) is 2. The Morgan fingerprint density at radius 2 is 1.26 bits per heavy atom. The van der Waals surface area contributed by atoms with Gasteiger partial charge in [-0.1, -0.05) is 24.3 Å². The Hall–Kier alpha value is -1.26. The number of nitrogen functional groups attached to an aromatic ring is 1. The van der Waals surface area contributed by atoms with Crippen LogP contribution in [-0.2, 0) is 22.6 Å². The van der Waals surface area contributed by atoms with Gasteiger partial charge < -0.3 is 31.3 Å². The zero-order valence-electron chi connectivity index (χ0n) is 24.8. The van der Waals surface area contributed by atoms with Crippen molar-refractivity contribution in [3.63, 3.8) is 0 Å². The van der Waals surface area contributed by atoms with Gasteiger partial charge in [0.15, 0.2) is 0 Å². The van der Waals surface area contributed by atoms with Crippen LogP contribution in [0.5, 0.6) is 0 Å². The van der Waals surface area contributed by atoms with E-state index in [1.807, 2.05) is 31.3 Å². The molecule has 2 atom stereocenters. The van der Waals surface area contributed by atoms with E-state index in [1.165, 1.54) is 18.4 Å². The molecule has 4 rings (SSSR count). The first-order chi connectivity index (χ1) is 19.2. The average molecular weight is 742 g/mol. The molecule has 0 bridgehead atoms. The number of non-ortho nitro benzene ring substituents is 1. The Bertz CT molecular complexity index is 919. The van der Waals surface area contributed by atoms with Gasteiger partial charge in [-0.15, -0.1) is 0 Å². The number of halogens is 2. The molecule has 2 fully saturated rings. The molecule has 2 saturated heterocycles. The molecule has 11 nitrogen and oxygen atoms in total. The van der Waals surface area contributed by atoms with Crippen LogP contribution < -0.4 is 5.73 Å². The predicted octanol–water partition coefficient (Wildman–Crippen LogP) is 3.43. The molecular weight excluding hydrogens is 694 g/mol. The quantitative estimate of drug-likeness (QED) is 0.170. The van der Waals surface area contributed by atoms with Crippen molar-refractivity contribution in [2.45, 2.75) is 57.9 Å². The number of aliphatic hydroxyl groups excluding tert-OH is 1. The molecule has 2 aromatic rings. The topological polar surface area (TPSA) is 177 Å². The number of nitro benzene ring substituents is 1. The summed E-state index contributed by atoms with van der Waals surface area (Å²) < 4.78 is 11.2. The van der Waals surface area contributed by atoms with E-state index < -0.39 is 18.9 Å². The molecule has 0 saturated carbocycles. The van der Waals surface area contributed by atoms with E-state index in [9.17, 15) is 10.1 Å². The predicted molar refractivity (Wildman–Crippen MR) is 172 cm³/mol. The van der Waals surface area contributed by atoms with Crippen LogP contribution in [0.15, 0.2) is 48.5 Å². The van der Waals surface area contributed by atoms with Crippen LogP contribution >= 0.6 is 17.8 Å². The summed E-state index contributed by atoms with van der Waals surface area (Å²) in [5.74, 6) is 0. The number of ether oxygens (including phenoxy) is 2. The summed E-state index contributed by atoms with van der Waals surface area (Å²) in [6, 6.07) is 14.8. The van der Waals surface area contributed by atoms with Crippen LogP contribution in [0, 0.1) is 10.1 Å². The summed E-state index contributed by atoms with van der Waals surface area (Å²) in [4.78, 5) is 14.7. The standard InChI is InChI=1S/C13H18N2O3.C13H20N2O.C2H6O.2ClH.2H2O.Sn/c1-14(10-13-3-2-8-18-13)9-11-4-6-12(7-5-11)15(16)17;1-15(10-13-3-2-8-16-13)9-11-4-6-12(14)7-5-11;1-2-3;;;;;/h4-7,13H,2-3,8-10H2,1H3;4-7,13H,2-3,8-10,14H2,1H3;3H,2H2,1H3;2*1H;2*1H2;/q;;;;;;;+2/p-2/t2*13-;;;;;;/m00....../s1. The fourth-order valence-electron chi connectivity index (χ4n) is 4.37. The number of hydrogen-bond acceptors (Lipinski definition) is 8. The summed E-state index contributed by atoms with van der Waals surface area (Å²) in [5, 5.41) is 18.1. The molecule has 0 amide bonds. The molecule has 0 aliphatic carbocycles. The molecule has 240 valence electrons. The number of nitrogens with two attached hydrogens (primary N) is 1. The molecule has 2 aromatic carbocycles. The Balaban J connectivity index is 0. The first kappa shape index (κ1) is 42.9. The van der Waals surface area contributed by atoms with Gasteiger partial charge in [0, 0.05) is 63.8 Å². The van der Waals surface area contributed by atoms with E-state index in [0.29, 0.717) is 12.2 Å². The Labute approximate surface area is 267 Å². The van der Waals surface area contributed by atoms with Gasteiger partial charge in [0.2, 0.25) is 0 Å². The molecule has 0 spiro atoms. The van der Waals surface area contributed by atoms with Gasteiger partial charge in [-0.05, 0) is 70.0 Å². The Kier molecular flexibility index (Phi) is 26.7. The third-order valence-electron chi connectivity index (χ3n) is 6.11. The number of rotatable bonds is 9. The third-order valence-corrected chi connectivity index (χ3v) is 6.11. The average Bonchev–Trinajstić information content (AvgIpc) is 3.62. The first-order valence-electron chi connectivity index (χ1n) is 13.5. The van der Waals surface area contributed by atoms with Crippen molar-refractivity contribution in [3.05, 3.63) is 69.8 Å². The fraction of sp³-hybridized carbons (Fsp3) is 0.571. The second-order valence-electron chi connectivity index (χ2n) is 9.72. The zero-order valence-corrected chi connectivity index (χ0v) is 29.2. The summed E-state index contributed by atoms with van der Waals surface area (Å²) in [6.07, 6.45) is 5.46. The molecule has 2 heterocycles. The summed E-state index contributed by atoms with van der Waals surface area (Å²) in [7, 11) is 14.0. The van der Waals surface area contributed by atoms with Gasteiger partial charge >= 0.3 is 36.7 Å². The van der Waals surface area contributed by atoms with Crippen molar-refractivity contribution < 1.29 is 30.5 Å². The van der Waals surface area contributed by atoms with Crippen molar-refractivity contribution in [2.24, 2.45) is 0 Å². The SMILES string of the molecule is CCO.CN(Cc1ccc(N)cc1)C[C@@H]1CCCO1.CN(Cc1ccc([N+](=O)[O-])cc1)C[C@@H]1CCCO1.O.O.[Cl][Sn][Cl]. The van der Waals surface area contributed by atoms with E-state index in [1.54, 1.807) is 19.1 Å². The molecular formula is C28H48Cl2N4O7Sn. The number of aliphatic hydroxyl groups is 1. The minimum atomic E-state index is -0.826. The molecule has 7 N–H and O–H groups in total. The molecule has 2 radical (unpaired) electrons. The molecule has 0 unspecified atom stereocenters.